The van der Waals surface area contributed by atoms with Crippen molar-refractivity contribution in [2.75, 3.05) is 32.0 Å². The first-order valence-electron chi connectivity index (χ1n) is 7.56. The number of amides is 1. The Morgan fingerprint density at radius 3 is 2.86 bits per heavy atom. The highest BCUT2D eigenvalue weighted by Crippen LogP contribution is 2.16. The summed E-state index contributed by atoms with van der Waals surface area (Å²) in [6, 6.07) is 7.06. The molecule has 0 aromatic heterocycles. The number of ether oxygens (including phenoxy) is 2. The van der Waals surface area contributed by atoms with Gasteiger partial charge >= 0.3 is 0 Å². The number of anilines is 1. The third kappa shape index (κ3) is 4.93. The van der Waals surface area contributed by atoms with Crippen LogP contribution < -0.4 is 10.5 Å². The minimum absolute atomic E-state index is 0.0108. The molecule has 1 unspecified atom stereocenters. The largest absolute Gasteiger partial charge is 0.484 e. The van der Waals surface area contributed by atoms with Crippen LogP contribution in [0.2, 0.25) is 0 Å². The average molecular weight is 292 g/mol. The fourth-order valence-corrected chi connectivity index (χ4v) is 2.39. The van der Waals surface area contributed by atoms with Gasteiger partial charge in [0.15, 0.2) is 6.61 Å². The van der Waals surface area contributed by atoms with Crippen LogP contribution in [0.25, 0.3) is 0 Å². The molecule has 5 nitrogen and oxygen atoms in total. The summed E-state index contributed by atoms with van der Waals surface area (Å²) in [6.45, 7) is 4.37. The fraction of sp³-hybridized carbons (Fsp3) is 0.562. The Labute approximate surface area is 126 Å². The summed E-state index contributed by atoms with van der Waals surface area (Å²) in [7, 11) is 0. The molecule has 2 rings (SSSR count). The van der Waals surface area contributed by atoms with Crippen LogP contribution >= 0.6 is 0 Å². The Morgan fingerprint density at radius 1 is 1.38 bits per heavy atom. The smallest absolute Gasteiger partial charge is 0.260 e. The summed E-state index contributed by atoms with van der Waals surface area (Å²) >= 11 is 0. The van der Waals surface area contributed by atoms with E-state index in [4.69, 9.17) is 15.2 Å². The molecule has 0 radical (unpaired) electrons. The zero-order chi connectivity index (χ0) is 15.1. The second kappa shape index (κ2) is 7.88. The molecule has 1 aliphatic rings. The molecule has 0 bridgehead atoms. The van der Waals surface area contributed by atoms with Gasteiger partial charge in [-0.25, -0.2) is 0 Å². The van der Waals surface area contributed by atoms with Gasteiger partial charge in [-0.05, 0) is 43.5 Å². The topological polar surface area (TPSA) is 64.8 Å². The number of rotatable bonds is 6. The molecule has 1 aromatic rings. The summed E-state index contributed by atoms with van der Waals surface area (Å²) in [4.78, 5) is 14.0. The van der Waals surface area contributed by atoms with E-state index in [0.29, 0.717) is 18.0 Å². The molecule has 1 amide bonds. The fourth-order valence-electron chi connectivity index (χ4n) is 2.39. The second-order valence-corrected chi connectivity index (χ2v) is 5.33. The highest BCUT2D eigenvalue weighted by Gasteiger charge is 2.24. The minimum atomic E-state index is 0.0108. The summed E-state index contributed by atoms with van der Waals surface area (Å²) in [6.07, 6.45) is 3.19. The summed E-state index contributed by atoms with van der Waals surface area (Å²) in [5, 5.41) is 0. The number of benzene rings is 1. The van der Waals surface area contributed by atoms with Crippen molar-refractivity contribution >= 4 is 11.6 Å². The molecule has 116 valence electrons. The van der Waals surface area contributed by atoms with E-state index in [2.05, 4.69) is 6.92 Å². The number of hydrogen-bond acceptors (Lipinski definition) is 4. The van der Waals surface area contributed by atoms with Crippen LogP contribution in [0.5, 0.6) is 5.75 Å². The van der Waals surface area contributed by atoms with Crippen LogP contribution in [0, 0.1) is 0 Å². The number of piperidine rings is 1. The molecule has 1 aliphatic heterocycles. The number of carbonyl (C=O) groups is 1. The molecule has 1 fully saturated rings. The SMILES string of the molecule is CCCOC1CCCN(C(=O)COc2ccc(N)cc2)C1. The van der Waals surface area contributed by atoms with Crippen LogP contribution in [0.3, 0.4) is 0 Å². The van der Waals surface area contributed by atoms with E-state index in [1.165, 1.54) is 0 Å². The summed E-state index contributed by atoms with van der Waals surface area (Å²) < 4.78 is 11.2. The van der Waals surface area contributed by atoms with E-state index in [9.17, 15) is 4.79 Å². The van der Waals surface area contributed by atoms with Gasteiger partial charge in [-0.15, -0.1) is 0 Å². The molecule has 2 N–H and O–H groups in total. The monoisotopic (exact) mass is 292 g/mol. The van der Waals surface area contributed by atoms with Crippen molar-refractivity contribution in [2.45, 2.75) is 32.3 Å². The van der Waals surface area contributed by atoms with Crippen molar-refractivity contribution in [1.29, 1.82) is 0 Å². The molecule has 1 heterocycles. The maximum absolute atomic E-state index is 12.2. The van der Waals surface area contributed by atoms with Crippen molar-refractivity contribution in [3.8, 4) is 5.75 Å². The Bertz CT molecular complexity index is 447. The first kappa shape index (κ1) is 15.6. The Morgan fingerprint density at radius 2 is 2.14 bits per heavy atom. The first-order chi connectivity index (χ1) is 10.2. The standard InChI is InChI=1S/C16H24N2O3/c1-2-10-20-15-4-3-9-18(11-15)16(19)12-21-14-7-5-13(17)6-8-14/h5-8,15H,2-4,9-12,17H2,1H3. The molecule has 1 atom stereocenters. The molecule has 0 aliphatic carbocycles. The van der Waals surface area contributed by atoms with E-state index in [-0.39, 0.29) is 18.6 Å². The summed E-state index contributed by atoms with van der Waals surface area (Å²) in [5.74, 6) is 0.671. The van der Waals surface area contributed by atoms with Gasteiger partial charge in [0.1, 0.15) is 5.75 Å². The van der Waals surface area contributed by atoms with E-state index >= 15 is 0 Å². The van der Waals surface area contributed by atoms with Crippen molar-refractivity contribution in [1.82, 2.24) is 4.90 Å². The second-order valence-electron chi connectivity index (χ2n) is 5.33. The molecule has 21 heavy (non-hydrogen) atoms. The van der Waals surface area contributed by atoms with Crippen LogP contribution in [0.4, 0.5) is 5.69 Å². The molecule has 1 aromatic carbocycles. The Kier molecular flexibility index (Phi) is 5.87. The van der Waals surface area contributed by atoms with Crippen molar-refractivity contribution < 1.29 is 14.3 Å². The highest BCUT2D eigenvalue weighted by atomic mass is 16.5. The normalized spacial score (nSPS) is 18.5. The van der Waals surface area contributed by atoms with Gasteiger partial charge in [-0.3, -0.25) is 4.79 Å². The average Bonchev–Trinajstić information content (AvgIpc) is 2.52. The van der Waals surface area contributed by atoms with Gasteiger partial charge in [0.25, 0.3) is 5.91 Å². The molecule has 1 saturated heterocycles. The van der Waals surface area contributed by atoms with Crippen molar-refractivity contribution in [3.63, 3.8) is 0 Å². The Hall–Kier alpha value is -1.75. The number of carbonyl (C=O) groups excluding carboxylic acids is 1. The zero-order valence-electron chi connectivity index (χ0n) is 12.6. The van der Waals surface area contributed by atoms with Gasteiger partial charge in [-0.1, -0.05) is 6.92 Å². The first-order valence-corrected chi connectivity index (χ1v) is 7.56. The van der Waals surface area contributed by atoms with Crippen LogP contribution in [-0.2, 0) is 9.53 Å². The lowest BCUT2D eigenvalue weighted by atomic mass is 10.1. The number of nitrogen functional groups attached to an aromatic ring is 1. The van der Waals surface area contributed by atoms with Gasteiger partial charge in [0, 0.05) is 25.4 Å². The number of nitrogens with two attached hydrogens (primary N) is 1. The van der Waals surface area contributed by atoms with Crippen molar-refractivity contribution in [2.24, 2.45) is 0 Å². The van der Waals surface area contributed by atoms with Crippen LogP contribution in [0.15, 0.2) is 24.3 Å². The maximum atomic E-state index is 12.2. The van der Waals surface area contributed by atoms with E-state index in [0.717, 1.165) is 32.4 Å². The van der Waals surface area contributed by atoms with Gasteiger partial charge in [0.2, 0.25) is 0 Å². The van der Waals surface area contributed by atoms with Gasteiger partial charge in [-0.2, -0.15) is 0 Å². The Balaban J connectivity index is 1.78. The molecule has 0 spiro atoms. The lowest BCUT2D eigenvalue weighted by Gasteiger charge is -2.32. The van der Waals surface area contributed by atoms with E-state index in [1.807, 2.05) is 4.90 Å². The molecule has 0 saturated carbocycles. The van der Waals surface area contributed by atoms with E-state index in [1.54, 1.807) is 24.3 Å². The molecular weight excluding hydrogens is 268 g/mol. The summed E-state index contributed by atoms with van der Waals surface area (Å²) in [5.41, 5.74) is 6.29. The lowest BCUT2D eigenvalue weighted by molar-refractivity contribution is -0.137. The maximum Gasteiger partial charge on any atom is 0.260 e. The molecular formula is C16H24N2O3. The molecule has 5 heteroatoms. The van der Waals surface area contributed by atoms with E-state index < -0.39 is 0 Å². The lowest BCUT2D eigenvalue weighted by Crippen LogP contribution is -2.45. The predicted molar refractivity (Wildman–Crippen MR) is 82.2 cm³/mol. The van der Waals surface area contributed by atoms with Crippen LogP contribution in [0.1, 0.15) is 26.2 Å². The zero-order valence-corrected chi connectivity index (χ0v) is 12.6. The quantitative estimate of drug-likeness (QED) is 0.815. The minimum Gasteiger partial charge on any atom is -0.484 e. The van der Waals surface area contributed by atoms with Gasteiger partial charge < -0.3 is 20.1 Å². The highest BCUT2D eigenvalue weighted by molar-refractivity contribution is 5.77. The number of likely N-dealkylation sites (tertiary alicyclic amines) is 1. The van der Waals surface area contributed by atoms with Gasteiger partial charge in [0.05, 0.1) is 6.10 Å². The third-order valence-electron chi connectivity index (χ3n) is 3.53. The number of hydrogen-bond donors (Lipinski definition) is 1. The van der Waals surface area contributed by atoms with Crippen LogP contribution in [-0.4, -0.2) is 43.2 Å². The number of nitrogens with zero attached hydrogens (tertiary/aromatic N) is 1. The predicted octanol–water partition coefficient (Wildman–Crippen LogP) is 2.07. The van der Waals surface area contributed by atoms with Crippen molar-refractivity contribution in [3.05, 3.63) is 24.3 Å². The third-order valence-corrected chi connectivity index (χ3v) is 3.53.